The molecule has 2 rings (SSSR count). The van der Waals surface area contributed by atoms with Crippen molar-refractivity contribution in [2.75, 3.05) is 18.5 Å². The second kappa shape index (κ2) is 2.89. The number of aromatic nitrogens is 1. The van der Waals surface area contributed by atoms with Crippen LogP contribution in [0, 0.1) is 10.1 Å². The smallest absolute Gasteiger partial charge is 0.289 e. The molecule has 1 aliphatic rings. The Morgan fingerprint density at radius 3 is 3.31 bits per heavy atom. The molecular weight excluding hydrogens is 174 g/mol. The largest absolute Gasteiger partial charge is 0.474 e. The number of ether oxygens (including phenoxy) is 1. The van der Waals surface area contributed by atoms with Gasteiger partial charge < -0.3 is 10.1 Å². The number of nitrogens with one attached hydrogen (secondary N) is 1. The third-order valence-corrected chi connectivity index (χ3v) is 1.70. The number of hydrogen-bond acceptors (Lipinski definition) is 5. The lowest BCUT2D eigenvalue weighted by atomic mass is 10.3. The quantitative estimate of drug-likeness (QED) is 0.512. The lowest BCUT2D eigenvalue weighted by Crippen LogP contribution is -2.18. The zero-order valence-corrected chi connectivity index (χ0v) is 6.69. The molecule has 0 aromatic carbocycles. The standard InChI is InChI=1S/C7H7N3O3/c11-10(12)5-3-6-7(9-4-5)13-2-1-8-6/h3-4,8H,1-2H2. The Balaban J connectivity index is 2.40. The Morgan fingerprint density at radius 1 is 1.69 bits per heavy atom. The number of nitro groups is 1. The maximum Gasteiger partial charge on any atom is 0.289 e. The Kier molecular flexibility index (Phi) is 1.73. The maximum atomic E-state index is 10.4. The summed E-state index contributed by atoms with van der Waals surface area (Å²) in [6, 6.07) is 1.42. The highest BCUT2D eigenvalue weighted by molar-refractivity contribution is 5.58. The van der Waals surface area contributed by atoms with Crippen LogP contribution in [0.5, 0.6) is 5.88 Å². The van der Waals surface area contributed by atoms with Crippen LogP contribution in [0.4, 0.5) is 11.4 Å². The van der Waals surface area contributed by atoms with Gasteiger partial charge in [-0.15, -0.1) is 0 Å². The lowest BCUT2D eigenvalue weighted by molar-refractivity contribution is -0.385. The summed E-state index contributed by atoms with van der Waals surface area (Å²) in [6.45, 7) is 1.19. The zero-order valence-electron chi connectivity index (χ0n) is 6.69. The first kappa shape index (κ1) is 7.78. The van der Waals surface area contributed by atoms with E-state index in [-0.39, 0.29) is 5.69 Å². The van der Waals surface area contributed by atoms with E-state index in [1.54, 1.807) is 0 Å². The molecule has 0 atom stereocenters. The molecule has 0 saturated carbocycles. The first-order chi connectivity index (χ1) is 6.27. The van der Waals surface area contributed by atoms with Gasteiger partial charge in [-0.05, 0) is 0 Å². The van der Waals surface area contributed by atoms with Crippen molar-refractivity contribution in [3.05, 3.63) is 22.4 Å². The van der Waals surface area contributed by atoms with Crippen molar-refractivity contribution in [3.8, 4) is 5.88 Å². The number of rotatable bonds is 1. The van der Waals surface area contributed by atoms with E-state index in [9.17, 15) is 10.1 Å². The summed E-state index contributed by atoms with van der Waals surface area (Å²) in [4.78, 5) is 13.7. The fourth-order valence-electron chi connectivity index (χ4n) is 1.12. The van der Waals surface area contributed by atoms with Crippen molar-refractivity contribution in [1.29, 1.82) is 0 Å². The van der Waals surface area contributed by atoms with E-state index >= 15 is 0 Å². The molecule has 0 radical (unpaired) electrons. The number of hydrogen-bond donors (Lipinski definition) is 1. The molecule has 13 heavy (non-hydrogen) atoms. The molecule has 1 N–H and O–H groups in total. The molecule has 6 nitrogen and oxygen atoms in total. The molecule has 68 valence electrons. The van der Waals surface area contributed by atoms with Crippen LogP contribution in [-0.4, -0.2) is 23.1 Å². The zero-order chi connectivity index (χ0) is 9.26. The highest BCUT2D eigenvalue weighted by Crippen LogP contribution is 2.27. The van der Waals surface area contributed by atoms with Crippen LogP contribution < -0.4 is 10.1 Å². The highest BCUT2D eigenvalue weighted by Gasteiger charge is 2.15. The summed E-state index contributed by atoms with van der Waals surface area (Å²) in [5.74, 6) is 0.428. The molecule has 0 saturated heterocycles. The van der Waals surface area contributed by atoms with Crippen LogP contribution >= 0.6 is 0 Å². The number of anilines is 1. The Bertz CT molecular complexity index is 353. The monoisotopic (exact) mass is 181 g/mol. The van der Waals surface area contributed by atoms with Gasteiger partial charge in [0, 0.05) is 12.6 Å². The summed E-state index contributed by atoms with van der Waals surface area (Å²) >= 11 is 0. The van der Waals surface area contributed by atoms with E-state index in [2.05, 4.69) is 10.3 Å². The molecule has 0 spiro atoms. The molecular formula is C7H7N3O3. The average Bonchev–Trinajstić information content (AvgIpc) is 2.17. The van der Waals surface area contributed by atoms with Gasteiger partial charge in [0.2, 0.25) is 5.88 Å². The fraction of sp³-hybridized carbons (Fsp3) is 0.286. The SMILES string of the molecule is O=[N+]([O-])c1cnc2c(c1)NCCO2. The molecule has 0 unspecified atom stereocenters. The van der Waals surface area contributed by atoms with Crippen LogP contribution in [0.1, 0.15) is 0 Å². The van der Waals surface area contributed by atoms with E-state index in [4.69, 9.17) is 4.74 Å². The van der Waals surface area contributed by atoms with Gasteiger partial charge in [-0.3, -0.25) is 10.1 Å². The predicted molar refractivity (Wildman–Crippen MR) is 44.9 cm³/mol. The Morgan fingerprint density at radius 2 is 2.54 bits per heavy atom. The first-order valence-electron chi connectivity index (χ1n) is 3.78. The van der Waals surface area contributed by atoms with E-state index in [0.717, 1.165) is 0 Å². The first-order valence-corrected chi connectivity index (χ1v) is 3.78. The van der Waals surface area contributed by atoms with Crippen LogP contribution in [0.3, 0.4) is 0 Å². The van der Waals surface area contributed by atoms with Gasteiger partial charge >= 0.3 is 0 Å². The molecule has 0 bridgehead atoms. The fourth-order valence-corrected chi connectivity index (χ4v) is 1.12. The van der Waals surface area contributed by atoms with Gasteiger partial charge in [-0.25, -0.2) is 4.98 Å². The molecule has 6 heteroatoms. The molecule has 0 amide bonds. The minimum absolute atomic E-state index is 0.0308. The van der Waals surface area contributed by atoms with Gasteiger partial charge in [-0.1, -0.05) is 0 Å². The highest BCUT2D eigenvalue weighted by atomic mass is 16.6. The third-order valence-electron chi connectivity index (χ3n) is 1.70. The van der Waals surface area contributed by atoms with E-state index < -0.39 is 4.92 Å². The minimum atomic E-state index is -0.483. The third kappa shape index (κ3) is 1.37. The lowest BCUT2D eigenvalue weighted by Gasteiger charge is -2.16. The van der Waals surface area contributed by atoms with Gasteiger partial charge in [-0.2, -0.15) is 0 Å². The number of nitrogens with zero attached hydrogens (tertiary/aromatic N) is 2. The normalized spacial score (nSPS) is 13.8. The Labute approximate surface area is 73.7 Å². The van der Waals surface area contributed by atoms with E-state index in [1.165, 1.54) is 12.3 Å². The molecule has 0 fully saturated rings. The van der Waals surface area contributed by atoms with Crippen LogP contribution in [-0.2, 0) is 0 Å². The molecule has 2 heterocycles. The van der Waals surface area contributed by atoms with Crippen molar-refractivity contribution in [2.24, 2.45) is 0 Å². The number of fused-ring (bicyclic) bond motifs is 1. The van der Waals surface area contributed by atoms with Crippen molar-refractivity contribution >= 4 is 11.4 Å². The van der Waals surface area contributed by atoms with Crippen LogP contribution in [0.15, 0.2) is 12.3 Å². The summed E-state index contributed by atoms with van der Waals surface area (Å²) in [6.07, 6.45) is 1.19. The van der Waals surface area contributed by atoms with Gasteiger partial charge in [0.25, 0.3) is 5.69 Å². The predicted octanol–water partition coefficient (Wildman–Crippen LogP) is 0.794. The molecule has 1 aromatic heterocycles. The summed E-state index contributed by atoms with van der Waals surface area (Å²) < 4.78 is 5.16. The van der Waals surface area contributed by atoms with E-state index in [0.29, 0.717) is 24.7 Å². The summed E-state index contributed by atoms with van der Waals surface area (Å²) in [5, 5.41) is 13.3. The second-order valence-corrected chi connectivity index (χ2v) is 2.58. The maximum absolute atomic E-state index is 10.4. The van der Waals surface area contributed by atoms with E-state index in [1.807, 2.05) is 0 Å². The van der Waals surface area contributed by atoms with Gasteiger partial charge in [0.15, 0.2) is 0 Å². The minimum Gasteiger partial charge on any atom is -0.474 e. The van der Waals surface area contributed by atoms with Gasteiger partial charge in [0.05, 0.1) is 4.92 Å². The van der Waals surface area contributed by atoms with Crippen molar-refractivity contribution in [1.82, 2.24) is 4.98 Å². The Hall–Kier alpha value is -1.85. The van der Waals surface area contributed by atoms with Crippen molar-refractivity contribution in [3.63, 3.8) is 0 Å². The summed E-state index contributed by atoms with van der Waals surface area (Å²) in [7, 11) is 0. The van der Waals surface area contributed by atoms with Crippen LogP contribution in [0.2, 0.25) is 0 Å². The topological polar surface area (TPSA) is 77.3 Å². The average molecular weight is 181 g/mol. The molecule has 1 aromatic rings. The molecule has 1 aliphatic heterocycles. The van der Waals surface area contributed by atoms with Crippen molar-refractivity contribution < 1.29 is 9.66 Å². The van der Waals surface area contributed by atoms with Crippen LogP contribution in [0.25, 0.3) is 0 Å². The summed E-state index contributed by atoms with van der Waals surface area (Å²) in [5.41, 5.74) is 0.553. The second-order valence-electron chi connectivity index (χ2n) is 2.58. The van der Waals surface area contributed by atoms with Gasteiger partial charge in [0.1, 0.15) is 18.5 Å². The molecule has 0 aliphatic carbocycles. The van der Waals surface area contributed by atoms with Crippen molar-refractivity contribution in [2.45, 2.75) is 0 Å². The number of pyridine rings is 1.